The van der Waals surface area contributed by atoms with Crippen LogP contribution < -0.4 is 10.1 Å². The number of nitrogens with one attached hydrogen (secondary N) is 1. The Balaban J connectivity index is 2.14. The van der Waals surface area contributed by atoms with Crippen LogP contribution in [-0.4, -0.2) is 16.8 Å². The Morgan fingerprint density at radius 2 is 2.11 bits per heavy atom. The van der Waals surface area contributed by atoms with Crippen molar-refractivity contribution in [2.24, 2.45) is 0 Å². The standard InChI is InChI=1S/C12H11ClFN3O/c1-2-18-10-4-3-8(7-9(10)14)15-12-6-5-11(13)16-17-12/h3-7H,2H2,1H3,(H,15,17). The third-order valence-electron chi connectivity index (χ3n) is 2.14. The highest BCUT2D eigenvalue weighted by molar-refractivity contribution is 6.29. The first-order valence-electron chi connectivity index (χ1n) is 5.37. The second-order valence-electron chi connectivity index (χ2n) is 3.44. The molecule has 0 spiro atoms. The summed E-state index contributed by atoms with van der Waals surface area (Å²) in [4.78, 5) is 0. The first kappa shape index (κ1) is 12.6. The van der Waals surface area contributed by atoms with Gasteiger partial charge in [-0.15, -0.1) is 10.2 Å². The number of hydrogen-bond acceptors (Lipinski definition) is 4. The summed E-state index contributed by atoms with van der Waals surface area (Å²) in [6.45, 7) is 2.22. The fourth-order valence-electron chi connectivity index (χ4n) is 1.38. The van der Waals surface area contributed by atoms with Gasteiger partial charge in [0.05, 0.1) is 6.61 Å². The Bertz CT molecular complexity index is 533. The molecular weight excluding hydrogens is 257 g/mol. The highest BCUT2D eigenvalue weighted by Crippen LogP contribution is 2.23. The summed E-state index contributed by atoms with van der Waals surface area (Å²) in [5.74, 6) is 0.289. The zero-order valence-electron chi connectivity index (χ0n) is 9.65. The Labute approximate surface area is 109 Å². The van der Waals surface area contributed by atoms with Crippen LogP contribution >= 0.6 is 11.6 Å². The molecule has 0 unspecified atom stereocenters. The molecule has 1 aromatic carbocycles. The van der Waals surface area contributed by atoms with Crippen molar-refractivity contribution < 1.29 is 9.13 Å². The average molecular weight is 268 g/mol. The second kappa shape index (κ2) is 5.64. The first-order valence-corrected chi connectivity index (χ1v) is 5.75. The van der Waals surface area contributed by atoms with Gasteiger partial charge in [0.1, 0.15) is 0 Å². The zero-order chi connectivity index (χ0) is 13.0. The molecule has 0 saturated carbocycles. The van der Waals surface area contributed by atoms with Crippen LogP contribution in [0, 0.1) is 5.82 Å². The monoisotopic (exact) mass is 267 g/mol. The largest absolute Gasteiger partial charge is 0.491 e. The van der Waals surface area contributed by atoms with Crippen LogP contribution in [0.2, 0.25) is 5.15 Å². The molecule has 0 bridgehead atoms. The summed E-state index contributed by atoms with van der Waals surface area (Å²) in [6, 6.07) is 7.85. The van der Waals surface area contributed by atoms with E-state index in [1.165, 1.54) is 6.07 Å². The summed E-state index contributed by atoms with van der Waals surface area (Å²) in [6.07, 6.45) is 0. The Morgan fingerprint density at radius 1 is 1.28 bits per heavy atom. The highest BCUT2D eigenvalue weighted by atomic mass is 35.5. The number of anilines is 2. The van der Waals surface area contributed by atoms with Crippen LogP contribution in [0.1, 0.15) is 6.92 Å². The molecule has 18 heavy (non-hydrogen) atoms. The number of halogens is 2. The Morgan fingerprint density at radius 3 is 2.72 bits per heavy atom. The minimum absolute atomic E-state index is 0.227. The molecule has 1 N–H and O–H groups in total. The fraction of sp³-hybridized carbons (Fsp3) is 0.167. The normalized spacial score (nSPS) is 10.2. The van der Waals surface area contributed by atoms with Crippen LogP contribution in [0.3, 0.4) is 0 Å². The maximum Gasteiger partial charge on any atom is 0.167 e. The zero-order valence-corrected chi connectivity index (χ0v) is 10.4. The van der Waals surface area contributed by atoms with Crippen molar-refractivity contribution in [3.63, 3.8) is 0 Å². The van der Waals surface area contributed by atoms with Gasteiger partial charge >= 0.3 is 0 Å². The number of benzene rings is 1. The molecule has 1 aromatic heterocycles. The molecule has 0 aliphatic carbocycles. The minimum Gasteiger partial charge on any atom is -0.491 e. The van der Waals surface area contributed by atoms with E-state index in [4.69, 9.17) is 16.3 Å². The van der Waals surface area contributed by atoms with Crippen LogP contribution in [0.15, 0.2) is 30.3 Å². The van der Waals surface area contributed by atoms with E-state index in [0.717, 1.165) is 0 Å². The SMILES string of the molecule is CCOc1ccc(Nc2ccc(Cl)nn2)cc1F. The van der Waals surface area contributed by atoms with E-state index in [9.17, 15) is 4.39 Å². The Kier molecular flexibility index (Phi) is 3.94. The van der Waals surface area contributed by atoms with Gasteiger partial charge in [0.2, 0.25) is 0 Å². The van der Waals surface area contributed by atoms with Crippen molar-refractivity contribution >= 4 is 23.1 Å². The van der Waals surface area contributed by atoms with Gasteiger partial charge < -0.3 is 10.1 Å². The maximum atomic E-state index is 13.6. The molecule has 0 aliphatic heterocycles. The van der Waals surface area contributed by atoms with Crippen molar-refractivity contribution in [1.82, 2.24) is 10.2 Å². The molecule has 4 nitrogen and oxygen atoms in total. The topological polar surface area (TPSA) is 47.0 Å². The van der Waals surface area contributed by atoms with Crippen LogP contribution in [0.25, 0.3) is 0 Å². The highest BCUT2D eigenvalue weighted by Gasteiger charge is 2.05. The molecule has 0 fully saturated rings. The average Bonchev–Trinajstić information content (AvgIpc) is 2.36. The lowest BCUT2D eigenvalue weighted by Gasteiger charge is -2.08. The van der Waals surface area contributed by atoms with E-state index in [-0.39, 0.29) is 5.75 Å². The molecule has 2 aromatic rings. The number of hydrogen-bond donors (Lipinski definition) is 1. The quantitative estimate of drug-likeness (QED) is 0.922. The summed E-state index contributed by atoms with van der Waals surface area (Å²) in [7, 11) is 0. The summed E-state index contributed by atoms with van der Waals surface area (Å²) in [5.41, 5.74) is 0.563. The molecule has 6 heteroatoms. The summed E-state index contributed by atoms with van der Waals surface area (Å²) >= 11 is 5.62. The van der Waals surface area contributed by atoms with Gasteiger partial charge in [-0.05, 0) is 31.2 Å². The van der Waals surface area contributed by atoms with Gasteiger partial charge in [-0.2, -0.15) is 0 Å². The van der Waals surface area contributed by atoms with Gasteiger partial charge in [-0.3, -0.25) is 0 Å². The first-order chi connectivity index (χ1) is 8.69. The van der Waals surface area contributed by atoms with Crippen molar-refractivity contribution in [3.05, 3.63) is 41.3 Å². The van der Waals surface area contributed by atoms with Gasteiger partial charge in [0.15, 0.2) is 22.5 Å². The van der Waals surface area contributed by atoms with E-state index in [1.54, 1.807) is 31.2 Å². The summed E-state index contributed by atoms with van der Waals surface area (Å²) < 4.78 is 18.7. The van der Waals surface area contributed by atoms with Gasteiger partial charge in [0, 0.05) is 11.8 Å². The molecule has 1 heterocycles. The Hall–Kier alpha value is -1.88. The lowest BCUT2D eigenvalue weighted by atomic mass is 10.3. The predicted octanol–water partition coefficient (Wildman–Crippen LogP) is 3.41. The smallest absolute Gasteiger partial charge is 0.167 e. The summed E-state index contributed by atoms with van der Waals surface area (Å²) in [5, 5.41) is 10.7. The van der Waals surface area contributed by atoms with Crippen LogP contribution in [0.4, 0.5) is 15.9 Å². The maximum absolute atomic E-state index is 13.6. The van der Waals surface area contributed by atoms with Gasteiger partial charge in [-0.25, -0.2) is 4.39 Å². The molecule has 0 atom stereocenters. The molecule has 94 valence electrons. The van der Waals surface area contributed by atoms with E-state index in [1.807, 2.05) is 0 Å². The van der Waals surface area contributed by atoms with E-state index < -0.39 is 5.82 Å². The van der Waals surface area contributed by atoms with Crippen molar-refractivity contribution in [2.45, 2.75) is 6.92 Å². The lowest BCUT2D eigenvalue weighted by Crippen LogP contribution is -1.98. The van der Waals surface area contributed by atoms with Crippen LogP contribution in [0.5, 0.6) is 5.75 Å². The van der Waals surface area contributed by atoms with E-state index >= 15 is 0 Å². The molecule has 0 amide bonds. The van der Waals surface area contributed by atoms with E-state index in [0.29, 0.717) is 23.3 Å². The van der Waals surface area contributed by atoms with Gasteiger partial charge in [0.25, 0.3) is 0 Å². The molecule has 0 saturated heterocycles. The van der Waals surface area contributed by atoms with E-state index in [2.05, 4.69) is 15.5 Å². The second-order valence-corrected chi connectivity index (χ2v) is 3.83. The third kappa shape index (κ3) is 3.07. The molecule has 2 rings (SSSR count). The molecular formula is C12H11ClFN3O. The van der Waals surface area contributed by atoms with Crippen molar-refractivity contribution in [2.75, 3.05) is 11.9 Å². The minimum atomic E-state index is -0.427. The lowest BCUT2D eigenvalue weighted by molar-refractivity contribution is 0.321. The fourth-order valence-corrected chi connectivity index (χ4v) is 1.48. The van der Waals surface area contributed by atoms with Crippen LogP contribution in [-0.2, 0) is 0 Å². The van der Waals surface area contributed by atoms with Gasteiger partial charge in [-0.1, -0.05) is 11.6 Å². The predicted molar refractivity (Wildman–Crippen MR) is 67.9 cm³/mol. The number of nitrogens with zero attached hydrogens (tertiary/aromatic N) is 2. The van der Waals surface area contributed by atoms with Crippen molar-refractivity contribution in [1.29, 1.82) is 0 Å². The molecule has 0 radical (unpaired) electrons. The number of aromatic nitrogens is 2. The van der Waals surface area contributed by atoms with Crippen molar-refractivity contribution in [3.8, 4) is 5.75 Å². The molecule has 0 aliphatic rings. The number of ether oxygens (including phenoxy) is 1. The third-order valence-corrected chi connectivity index (χ3v) is 2.34. The number of rotatable bonds is 4.